The number of nitriles is 1. The van der Waals surface area contributed by atoms with Crippen LogP contribution < -0.4 is 9.62 Å². The molecule has 0 spiro atoms. The Hall–Kier alpha value is -1.17. The fraction of sp³-hybridized carbons (Fsp3) is 0.571. The third-order valence-electron chi connectivity index (χ3n) is 4.04. The second-order valence-electron chi connectivity index (χ2n) is 5.76. The highest BCUT2D eigenvalue weighted by atomic mass is 79.9. The highest BCUT2D eigenvalue weighted by molar-refractivity contribution is 9.10. The number of hydrogen-bond donors (Lipinski definition) is 1. The summed E-state index contributed by atoms with van der Waals surface area (Å²) in [4.78, 5) is 6.38. The maximum Gasteiger partial charge on any atom is 0.214 e. The van der Waals surface area contributed by atoms with Gasteiger partial charge in [0.2, 0.25) is 10.0 Å². The quantitative estimate of drug-likeness (QED) is 0.854. The average Bonchev–Trinajstić information content (AvgIpc) is 3.33. The van der Waals surface area contributed by atoms with Gasteiger partial charge >= 0.3 is 0 Å². The monoisotopic (exact) mass is 384 g/mol. The predicted octanol–water partition coefficient (Wildman–Crippen LogP) is 1.77. The van der Waals surface area contributed by atoms with E-state index in [1.54, 1.807) is 12.3 Å². The first-order valence-electron chi connectivity index (χ1n) is 7.31. The predicted molar refractivity (Wildman–Crippen MR) is 87.0 cm³/mol. The fourth-order valence-electron chi connectivity index (χ4n) is 2.68. The summed E-state index contributed by atoms with van der Waals surface area (Å²) in [5.74, 6) is 0.675. The summed E-state index contributed by atoms with van der Waals surface area (Å²) in [5.41, 5.74) is 0.534. The van der Waals surface area contributed by atoms with Gasteiger partial charge in [-0.15, -0.1) is 0 Å². The molecule has 1 saturated heterocycles. The van der Waals surface area contributed by atoms with E-state index in [0.29, 0.717) is 24.5 Å². The Balaban J connectivity index is 1.63. The van der Waals surface area contributed by atoms with E-state index in [9.17, 15) is 13.7 Å². The number of pyridine rings is 1. The molecule has 3 rings (SSSR count). The van der Waals surface area contributed by atoms with E-state index in [-0.39, 0.29) is 11.3 Å². The van der Waals surface area contributed by atoms with Gasteiger partial charge in [0.25, 0.3) is 0 Å². The van der Waals surface area contributed by atoms with Crippen molar-refractivity contribution in [2.24, 2.45) is 0 Å². The van der Waals surface area contributed by atoms with E-state index in [1.807, 2.05) is 4.90 Å². The summed E-state index contributed by atoms with van der Waals surface area (Å²) in [6.07, 6.45) is 4.70. The van der Waals surface area contributed by atoms with Gasteiger partial charge in [0.1, 0.15) is 11.9 Å². The summed E-state index contributed by atoms with van der Waals surface area (Å²) in [5, 5.41) is 9.04. The third-order valence-corrected chi connectivity index (χ3v) is 6.49. The molecule has 0 aromatic carbocycles. The highest BCUT2D eigenvalue weighted by Gasteiger charge is 2.37. The standard InChI is InChI=1S/C14H17BrN4O2S/c15-11-7-10(8-16)14(17-9-11)19-5-3-12(4-6-19)18-22(20,21)13-1-2-13/h7,9,12-13,18H,1-6H2. The Morgan fingerprint density at radius 3 is 2.59 bits per heavy atom. The molecule has 0 bridgehead atoms. The molecule has 1 aromatic heterocycles. The normalized spacial score (nSPS) is 19.9. The maximum absolute atomic E-state index is 12.0. The van der Waals surface area contributed by atoms with Crippen molar-refractivity contribution in [2.45, 2.75) is 37.0 Å². The van der Waals surface area contributed by atoms with Crippen LogP contribution in [0.2, 0.25) is 0 Å². The maximum atomic E-state index is 12.0. The average molecular weight is 385 g/mol. The zero-order chi connectivity index (χ0) is 15.7. The fourth-order valence-corrected chi connectivity index (χ4v) is 4.66. The van der Waals surface area contributed by atoms with Crippen LogP contribution in [0.1, 0.15) is 31.2 Å². The largest absolute Gasteiger partial charge is 0.355 e. The van der Waals surface area contributed by atoms with Crippen LogP contribution in [0.3, 0.4) is 0 Å². The van der Waals surface area contributed by atoms with Crippen molar-refractivity contribution < 1.29 is 8.42 Å². The molecule has 2 heterocycles. The molecular weight excluding hydrogens is 368 g/mol. The van der Waals surface area contributed by atoms with Crippen LogP contribution in [0.4, 0.5) is 5.82 Å². The van der Waals surface area contributed by atoms with Crippen molar-refractivity contribution in [2.75, 3.05) is 18.0 Å². The number of halogens is 1. The molecule has 0 radical (unpaired) electrons. The summed E-state index contributed by atoms with van der Waals surface area (Å²) in [7, 11) is -3.13. The molecule has 1 saturated carbocycles. The smallest absolute Gasteiger partial charge is 0.214 e. The van der Waals surface area contributed by atoms with Gasteiger partial charge in [-0.25, -0.2) is 18.1 Å². The Labute approximate surface area is 138 Å². The van der Waals surface area contributed by atoms with Gasteiger partial charge in [-0.2, -0.15) is 5.26 Å². The van der Waals surface area contributed by atoms with Gasteiger partial charge in [0, 0.05) is 29.8 Å². The Kier molecular flexibility index (Phi) is 4.39. The topological polar surface area (TPSA) is 86.1 Å². The van der Waals surface area contributed by atoms with Crippen LogP contribution in [0.15, 0.2) is 16.7 Å². The van der Waals surface area contributed by atoms with Crippen molar-refractivity contribution in [3.63, 3.8) is 0 Å². The molecule has 8 heteroatoms. The van der Waals surface area contributed by atoms with E-state index in [2.05, 4.69) is 31.7 Å². The first-order chi connectivity index (χ1) is 10.5. The molecule has 0 amide bonds. The van der Waals surface area contributed by atoms with Gasteiger partial charge in [-0.1, -0.05) is 0 Å². The van der Waals surface area contributed by atoms with Crippen LogP contribution in [0, 0.1) is 11.3 Å². The Morgan fingerprint density at radius 2 is 2.00 bits per heavy atom. The zero-order valence-electron chi connectivity index (χ0n) is 12.0. The zero-order valence-corrected chi connectivity index (χ0v) is 14.4. The van der Waals surface area contributed by atoms with Crippen molar-refractivity contribution >= 4 is 31.8 Å². The van der Waals surface area contributed by atoms with E-state index in [4.69, 9.17) is 0 Å². The number of aromatic nitrogens is 1. The van der Waals surface area contributed by atoms with Gasteiger partial charge in [0.15, 0.2) is 0 Å². The lowest BCUT2D eigenvalue weighted by molar-refractivity contribution is 0.458. The van der Waals surface area contributed by atoms with Gasteiger partial charge in [0.05, 0.1) is 10.8 Å². The third kappa shape index (κ3) is 3.42. The minimum absolute atomic E-state index is 0.0113. The lowest BCUT2D eigenvalue weighted by atomic mass is 10.1. The minimum atomic E-state index is -3.13. The van der Waals surface area contributed by atoms with Gasteiger partial charge in [-0.05, 0) is 47.7 Å². The second-order valence-corrected chi connectivity index (χ2v) is 8.67. The Bertz CT molecular complexity index is 704. The van der Waals surface area contributed by atoms with Crippen LogP contribution in [-0.2, 0) is 10.0 Å². The molecule has 0 atom stereocenters. The van der Waals surface area contributed by atoms with Crippen LogP contribution in [0.25, 0.3) is 0 Å². The summed E-state index contributed by atoms with van der Waals surface area (Å²) < 4.78 is 27.5. The van der Waals surface area contributed by atoms with E-state index in [0.717, 1.165) is 30.2 Å². The lowest BCUT2D eigenvalue weighted by Crippen LogP contribution is -2.45. The first-order valence-corrected chi connectivity index (χ1v) is 9.65. The molecule has 1 aliphatic heterocycles. The molecule has 2 fully saturated rings. The van der Waals surface area contributed by atoms with Crippen LogP contribution in [-0.4, -0.2) is 37.8 Å². The first kappa shape index (κ1) is 15.7. The van der Waals surface area contributed by atoms with Crippen molar-refractivity contribution in [3.8, 4) is 6.07 Å². The summed E-state index contributed by atoms with van der Waals surface area (Å²) in [6, 6.07) is 3.90. The number of nitrogens with one attached hydrogen (secondary N) is 1. The van der Waals surface area contributed by atoms with E-state index >= 15 is 0 Å². The number of sulfonamides is 1. The molecule has 1 aliphatic carbocycles. The molecule has 1 aromatic rings. The molecule has 22 heavy (non-hydrogen) atoms. The van der Waals surface area contributed by atoms with Crippen LogP contribution in [0.5, 0.6) is 0 Å². The van der Waals surface area contributed by atoms with Crippen molar-refractivity contribution in [3.05, 3.63) is 22.3 Å². The van der Waals surface area contributed by atoms with Gasteiger partial charge in [-0.3, -0.25) is 0 Å². The number of anilines is 1. The molecule has 2 aliphatic rings. The summed E-state index contributed by atoms with van der Waals surface area (Å²) >= 11 is 3.31. The molecule has 1 N–H and O–H groups in total. The number of piperidine rings is 1. The molecule has 118 valence electrons. The highest BCUT2D eigenvalue weighted by Crippen LogP contribution is 2.29. The van der Waals surface area contributed by atoms with E-state index < -0.39 is 10.0 Å². The molecule has 0 unspecified atom stereocenters. The minimum Gasteiger partial charge on any atom is -0.355 e. The van der Waals surface area contributed by atoms with E-state index in [1.165, 1.54) is 0 Å². The number of hydrogen-bond acceptors (Lipinski definition) is 5. The number of rotatable bonds is 4. The van der Waals surface area contributed by atoms with Gasteiger partial charge < -0.3 is 4.90 Å². The molecular formula is C14H17BrN4O2S. The SMILES string of the molecule is N#Cc1cc(Br)cnc1N1CCC(NS(=O)(=O)C2CC2)CC1. The summed E-state index contributed by atoms with van der Waals surface area (Å²) in [6.45, 7) is 1.39. The second kappa shape index (κ2) is 6.14. The molecule has 6 nitrogen and oxygen atoms in total. The number of nitrogens with zero attached hydrogens (tertiary/aromatic N) is 3. The Morgan fingerprint density at radius 1 is 1.32 bits per heavy atom. The van der Waals surface area contributed by atoms with Crippen LogP contribution >= 0.6 is 15.9 Å². The van der Waals surface area contributed by atoms with Crippen molar-refractivity contribution in [1.82, 2.24) is 9.71 Å². The van der Waals surface area contributed by atoms with Crippen molar-refractivity contribution in [1.29, 1.82) is 5.26 Å². The lowest BCUT2D eigenvalue weighted by Gasteiger charge is -2.33.